The lowest BCUT2D eigenvalue weighted by molar-refractivity contribution is 0.285. The van der Waals surface area contributed by atoms with Gasteiger partial charge in [-0.15, -0.1) is 0 Å². The Morgan fingerprint density at radius 1 is 1.28 bits per heavy atom. The molecule has 1 heterocycles. The van der Waals surface area contributed by atoms with E-state index in [-0.39, 0.29) is 0 Å². The van der Waals surface area contributed by atoms with Crippen molar-refractivity contribution in [1.82, 2.24) is 10.1 Å². The summed E-state index contributed by atoms with van der Waals surface area (Å²) in [5.41, 5.74) is 8.06. The largest absolute Gasteiger partial charge is 0.337 e. The van der Waals surface area contributed by atoms with Crippen molar-refractivity contribution in [3.05, 3.63) is 35.7 Å². The van der Waals surface area contributed by atoms with Crippen LogP contribution in [-0.4, -0.2) is 10.1 Å². The third-order valence-corrected chi connectivity index (χ3v) is 3.62. The Kier molecular flexibility index (Phi) is 2.67. The molecular weight excluding hydrogens is 226 g/mol. The van der Waals surface area contributed by atoms with Gasteiger partial charge in [0.1, 0.15) is 0 Å². The molecule has 1 aliphatic carbocycles. The predicted molar refractivity (Wildman–Crippen MR) is 68.8 cm³/mol. The Labute approximate surface area is 106 Å². The number of aromatic nitrogens is 2. The van der Waals surface area contributed by atoms with E-state index in [0.29, 0.717) is 11.7 Å². The maximum Gasteiger partial charge on any atom is 0.247 e. The van der Waals surface area contributed by atoms with Gasteiger partial charge in [-0.25, -0.2) is 0 Å². The molecule has 2 aromatic rings. The van der Waals surface area contributed by atoms with E-state index >= 15 is 0 Å². The molecule has 1 aromatic heterocycles. The average Bonchev–Trinajstić information content (AvgIpc) is 2.98. The van der Waals surface area contributed by atoms with Gasteiger partial charge in [-0.3, -0.25) is 0 Å². The van der Waals surface area contributed by atoms with Crippen LogP contribution in [0, 0.1) is 6.92 Å². The molecule has 3 rings (SSSR count). The Morgan fingerprint density at radius 2 is 2.06 bits per heavy atom. The van der Waals surface area contributed by atoms with Gasteiger partial charge in [-0.1, -0.05) is 41.8 Å². The molecule has 0 radical (unpaired) electrons. The number of nitrogens with zero attached hydrogens (tertiary/aromatic N) is 2. The van der Waals surface area contributed by atoms with Gasteiger partial charge in [0.15, 0.2) is 0 Å². The minimum atomic E-state index is -0.408. The van der Waals surface area contributed by atoms with E-state index in [2.05, 4.69) is 10.1 Å². The fourth-order valence-electron chi connectivity index (χ4n) is 2.55. The molecular formula is C14H17N3O. The van der Waals surface area contributed by atoms with Crippen molar-refractivity contribution in [3.63, 3.8) is 0 Å². The fourth-order valence-corrected chi connectivity index (χ4v) is 2.55. The second-order valence-electron chi connectivity index (χ2n) is 5.16. The van der Waals surface area contributed by atoms with Crippen molar-refractivity contribution in [3.8, 4) is 11.4 Å². The Balaban J connectivity index is 1.94. The molecule has 1 fully saturated rings. The van der Waals surface area contributed by atoms with E-state index in [9.17, 15) is 0 Å². The smallest absolute Gasteiger partial charge is 0.247 e. The topological polar surface area (TPSA) is 64.9 Å². The summed E-state index contributed by atoms with van der Waals surface area (Å²) in [7, 11) is 0. The van der Waals surface area contributed by atoms with Crippen LogP contribution in [0.4, 0.5) is 0 Å². The first kappa shape index (κ1) is 11.4. The lowest BCUT2D eigenvalue weighted by atomic mass is 9.99. The van der Waals surface area contributed by atoms with Crippen LogP contribution >= 0.6 is 0 Å². The average molecular weight is 243 g/mol. The Morgan fingerprint density at radius 3 is 2.78 bits per heavy atom. The summed E-state index contributed by atoms with van der Waals surface area (Å²) in [6.07, 6.45) is 4.14. The van der Waals surface area contributed by atoms with Gasteiger partial charge in [-0.05, 0) is 25.8 Å². The molecule has 0 bridgehead atoms. The molecule has 0 aliphatic heterocycles. The Hall–Kier alpha value is -1.68. The standard InChI is InChI=1S/C14H17N3O/c1-10-5-4-6-11(9-10)12-16-13(18-17-12)14(15)7-2-3-8-14/h4-6,9H,2-3,7-8,15H2,1H3. The molecule has 1 aromatic carbocycles. The zero-order chi connectivity index (χ0) is 12.6. The molecule has 4 nitrogen and oxygen atoms in total. The van der Waals surface area contributed by atoms with Crippen LogP contribution in [0.1, 0.15) is 37.1 Å². The highest BCUT2D eigenvalue weighted by molar-refractivity contribution is 5.55. The fraction of sp³-hybridized carbons (Fsp3) is 0.429. The molecule has 0 spiro atoms. The lowest BCUT2D eigenvalue weighted by Crippen LogP contribution is -2.33. The van der Waals surface area contributed by atoms with Gasteiger partial charge in [-0.2, -0.15) is 4.98 Å². The summed E-state index contributed by atoms with van der Waals surface area (Å²) in [6, 6.07) is 8.08. The summed E-state index contributed by atoms with van der Waals surface area (Å²) >= 11 is 0. The van der Waals surface area contributed by atoms with Crippen LogP contribution in [0.5, 0.6) is 0 Å². The maximum absolute atomic E-state index is 6.31. The highest BCUT2D eigenvalue weighted by Crippen LogP contribution is 2.35. The second kappa shape index (κ2) is 4.21. The van der Waals surface area contributed by atoms with Crippen LogP contribution < -0.4 is 5.73 Å². The van der Waals surface area contributed by atoms with Crippen LogP contribution in [0.25, 0.3) is 11.4 Å². The third-order valence-electron chi connectivity index (χ3n) is 3.62. The molecule has 18 heavy (non-hydrogen) atoms. The van der Waals surface area contributed by atoms with Crippen LogP contribution in [0.15, 0.2) is 28.8 Å². The van der Waals surface area contributed by atoms with Crippen molar-refractivity contribution < 1.29 is 4.52 Å². The van der Waals surface area contributed by atoms with E-state index in [0.717, 1.165) is 31.2 Å². The first-order chi connectivity index (χ1) is 8.67. The molecule has 0 amide bonds. The highest BCUT2D eigenvalue weighted by Gasteiger charge is 2.36. The summed E-state index contributed by atoms with van der Waals surface area (Å²) < 4.78 is 5.36. The van der Waals surface area contributed by atoms with Gasteiger partial charge in [0, 0.05) is 5.56 Å². The highest BCUT2D eigenvalue weighted by atomic mass is 16.5. The number of nitrogens with two attached hydrogens (primary N) is 1. The summed E-state index contributed by atoms with van der Waals surface area (Å²) in [4.78, 5) is 4.47. The molecule has 0 saturated heterocycles. The van der Waals surface area contributed by atoms with Crippen molar-refractivity contribution in [2.45, 2.75) is 38.1 Å². The molecule has 1 aliphatic rings. The van der Waals surface area contributed by atoms with Crippen molar-refractivity contribution in [1.29, 1.82) is 0 Å². The van der Waals surface area contributed by atoms with Crippen LogP contribution in [0.2, 0.25) is 0 Å². The van der Waals surface area contributed by atoms with Crippen LogP contribution in [0.3, 0.4) is 0 Å². The summed E-state index contributed by atoms with van der Waals surface area (Å²) in [6.45, 7) is 2.05. The van der Waals surface area contributed by atoms with Crippen LogP contribution in [-0.2, 0) is 5.54 Å². The van der Waals surface area contributed by atoms with E-state index in [1.807, 2.05) is 31.2 Å². The minimum Gasteiger partial charge on any atom is -0.337 e. The van der Waals surface area contributed by atoms with Gasteiger partial charge >= 0.3 is 0 Å². The first-order valence-corrected chi connectivity index (χ1v) is 6.37. The number of benzene rings is 1. The quantitative estimate of drug-likeness (QED) is 0.880. The molecule has 1 saturated carbocycles. The van der Waals surface area contributed by atoms with Gasteiger partial charge in [0.2, 0.25) is 11.7 Å². The number of hydrogen-bond donors (Lipinski definition) is 1. The monoisotopic (exact) mass is 243 g/mol. The molecule has 0 unspecified atom stereocenters. The summed E-state index contributed by atoms with van der Waals surface area (Å²) in [5.74, 6) is 1.21. The number of hydrogen-bond acceptors (Lipinski definition) is 4. The zero-order valence-corrected chi connectivity index (χ0v) is 10.5. The van der Waals surface area contributed by atoms with E-state index < -0.39 is 5.54 Å². The van der Waals surface area contributed by atoms with E-state index in [4.69, 9.17) is 10.3 Å². The normalized spacial score (nSPS) is 18.1. The number of rotatable bonds is 2. The predicted octanol–water partition coefficient (Wildman–Crippen LogP) is 2.77. The Bertz CT molecular complexity index is 556. The molecule has 2 N–H and O–H groups in total. The molecule has 4 heteroatoms. The molecule has 94 valence electrons. The third kappa shape index (κ3) is 1.93. The SMILES string of the molecule is Cc1cccc(-c2noc(C3(N)CCCC3)n2)c1. The van der Waals surface area contributed by atoms with Crippen molar-refractivity contribution >= 4 is 0 Å². The maximum atomic E-state index is 6.31. The van der Waals surface area contributed by atoms with E-state index in [1.165, 1.54) is 5.56 Å². The molecule has 0 atom stereocenters. The van der Waals surface area contributed by atoms with Crippen molar-refractivity contribution in [2.24, 2.45) is 5.73 Å². The number of aryl methyl sites for hydroxylation is 1. The van der Waals surface area contributed by atoms with Gasteiger partial charge in [0.05, 0.1) is 5.54 Å². The lowest BCUT2D eigenvalue weighted by Gasteiger charge is -2.17. The van der Waals surface area contributed by atoms with Crippen molar-refractivity contribution in [2.75, 3.05) is 0 Å². The van der Waals surface area contributed by atoms with Gasteiger partial charge in [0.25, 0.3) is 0 Å². The second-order valence-corrected chi connectivity index (χ2v) is 5.16. The minimum absolute atomic E-state index is 0.408. The van der Waals surface area contributed by atoms with Gasteiger partial charge < -0.3 is 10.3 Å². The summed E-state index contributed by atoms with van der Waals surface area (Å²) in [5, 5.41) is 4.05. The zero-order valence-electron chi connectivity index (χ0n) is 10.5. The first-order valence-electron chi connectivity index (χ1n) is 6.37. The van der Waals surface area contributed by atoms with E-state index in [1.54, 1.807) is 0 Å².